The number of benzene rings is 1. The van der Waals surface area contributed by atoms with Gasteiger partial charge < -0.3 is 15.0 Å². The number of likely N-dealkylation sites (tertiary alicyclic amines) is 1. The van der Waals surface area contributed by atoms with Gasteiger partial charge in [0.2, 0.25) is 0 Å². The van der Waals surface area contributed by atoms with Crippen molar-refractivity contribution < 1.29 is 9.53 Å². The summed E-state index contributed by atoms with van der Waals surface area (Å²) < 4.78 is 5.38. The number of nitrogens with one attached hydrogen (secondary N) is 1. The average molecular weight is 403 g/mol. The zero-order chi connectivity index (χ0) is 20.9. The summed E-state index contributed by atoms with van der Waals surface area (Å²) in [6.07, 6.45) is 5.37. The van der Waals surface area contributed by atoms with Crippen LogP contribution in [0.3, 0.4) is 0 Å². The predicted octanol–water partition coefficient (Wildman–Crippen LogP) is 3.61. The molecule has 0 bridgehead atoms. The lowest BCUT2D eigenvalue weighted by Crippen LogP contribution is -2.39. The minimum absolute atomic E-state index is 0.00518. The van der Waals surface area contributed by atoms with Crippen LogP contribution in [0.5, 0.6) is 5.75 Å². The van der Waals surface area contributed by atoms with Crippen LogP contribution in [-0.4, -0.2) is 53.0 Å². The molecule has 0 aliphatic carbocycles. The van der Waals surface area contributed by atoms with E-state index in [1.807, 2.05) is 54.4 Å². The number of anilines is 1. The Morgan fingerprint density at radius 1 is 1.17 bits per heavy atom. The molecule has 30 heavy (non-hydrogen) atoms. The van der Waals surface area contributed by atoms with Gasteiger partial charge in [0.05, 0.1) is 18.4 Å². The van der Waals surface area contributed by atoms with Gasteiger partial charge in [-0.05, 0) is 37.1 Å². The molecule has 154 valence electrons. The Labute approximate surface area is 176 Å². The summed E-state index contributed by atoms with van der Waals surface area (Å²) in [6.45, 7) is 1.35. The van der Waals surface area contributed by atoms with Crippen LogP contribution in [0, 0.1) is 0 Å². The van der Waals surface area contributed by atoms with Gasteiger partial charge >= 0.3 is 0 Å². The Kier molecular flexibility index (Phi) is 5.88. The normalized spacial score (nSPS) is 16.2. The van der Waals surface area contributed by atoms with Crippen molar-refractivity contribution in [1.29, 1.82) is 0 Å². The highest BCUT2D eigenvalue weighted by Crippen LogP contribution is 2.30. The van der Waals surface area contributed by atoms with E-state index in [9.17, 15) is 4.79 Å². The van der Waals surface area contributed by atoms with Crippen LogP contribution >= 0.6 is 0 Å². The van der Waals surface area contributed by atoms with Gasteiger partial charge in [-0.25, -0.2) is 9.97 Å². The summed E-state index contributed by atoms with van der Waals surface area (Å²) in [5.41, 5.74) is 2.46. The van der Waals surface area contributed by atoms with E-state index in [2.05, 4.69) is 15.3 Å². The second-order valence-electron chi connectivity index (χ2n) is 7.28. The van der Waals surface area contributed by atoms with Crippen LogP contribution in [-0.2, 0) is 0 Å². The highest BCUT2D eigenvalue weighted by Gasteiger charge is 2.28. The monoisotopic (exact) mass is 403 g/mol. The summed E-state index contributed by atoms with van der Waals surface area (Å²) in [7, 11) is 3.44. The Balaban J connectivity index is 1.61. The maximum atomic E-state index is 13.2. The first kappa shape index (κ1) is 19.8. The molecular weight excluding hydrogens is 378 g/mol. The summed E-state index contributed by atoms with van der Waals surface area (Å²) in [6, 6.07) is 13.1. The number of hydrogen-bond donors (Lipinski definition) is 1. The van der Waals surface area contributed by atoms with Gasteiger partial charge in [0.15, 0.2) is 5.82 Å². The largest absolute Gasteiger partial charge is 0.496 e. The fraction of sp³-hybridized carbons (Fsp3) is 0.304. The second-order valence-corrected chi connectivity index (χ2v) is 7.28. The third kappa shape index (κ3) is 4.10. The molecule has 1 aliphatic heterocycles. The highest BCUT2D eigenvalue weighted by molar-refractivity contribution is 5.97. The van der Waals surface area contributed by atoms with E-state index in [0.29, 0.717) is 23.7 Å². The fourth-order valence-corrected chi connectivity index (χ4v) is 3.83. The topological polar surface area (TPSA) is 80.2 Å². The molecule has 1 aromatic carbocycles. The van der Waals surface area contributed by atoms with Gasteiger partial charge in [-0.2, -0.15) is 0 Å². The van der Waals surface area contributed by atoms with Crippen LogP contribution in [0.4, 0.5) is 5.82 Å². The number of ether oxygens (including phenoxy) is 1. The number of hydrogen-bond acceptors (Lipinski definition) is 6. The average Bonchev–Trinajstić information content (AvgIpc) is 2.83. The third-order valence-electron chi connectivity index (χ3n) is 5.40. The first-order valence-electron chi connectivity index (χ1n) is 10.1. The van der Waals surface area contributed by atoms with Crippen molar-refractivity contribution in [3.63, 3.8) is 0 Å². The van der Waals surface area contributed by atoms with E-state index < -0.39 is 0 Å². The van der Waals surface area contributed by atoms with Crippen LogP contribution in [0.1, 0.15) is 34.8 Å². The molecule has 1 fully saturated rings. The number of aromatic nitrogens is 3. The molecule has 3 heterocycles. The number of methoxy groups -OCH3 is 1. The van der Waals surface area contributed by atoms with Crippen molar-refractivity contribution in [2.24, 2.45) is 0 Å². The zero-order valence-corrected chi connectivity index (χ0v) is 17.2. The molecular formula is C23H25N5O2. The molecule has 0 unspecified atom stereocenters. The maximum absolute atomic E-state index is 13.2. The minimum Gasteiger partial charge on any atom is -0.496 e. The van der Waals surface area contributed by atoms with E-state index in [1.54, 1.807) is 19.5 Å². The number of piperidine rings is 1. The van der Waals surface area contributed by atoms with Crippen LogP contribution < -0.4 is 10.1 Å². The van der Waals surface area contributed by atoms with Crippen molar-refractivity contribution in [3.05, 3.63) is 66.1 Å². The van der Waals surface area contributed by atoms with Crippen molar-refractivity contribution >= 4 is 11.7 Å². The molecule has 1 atom stereocenters. The second kappa shape index (κ2) is 8.90. The van der Waals surface area contributed by atoms with E-state index in [-0.39, 0.29) is 11.8 Å². The lowest BCUT2D eigenvalue weighted by Gasteiger charge is -2.33. The van der Waals surface area contributed by atoms with Crippen LogP contribution in [0.2, 0.25) is 0 Å². The summed E-state index contributed by atoms with van der Waals surface area (Å²) in [4.78, 5) is 28.6. The van der Waals surface area contributed by atoms with Gasteiger partial charge in [0.1, 0.15) is 11.6 Å². The van der Waals surface area contributed by atoms with E-state index in [0.717, 1.165) is 36.5 Å². The first-order valence-corrected chi connectivity index (χ1v) is 10.1. The smallest absolute Gasteiger partial charge is 0.257 e. The highest BCUT2D eigenvalue weighted by atomic mass is 16.5. The number of pyridine rings is 1. The van der Waals surface area contributed by atoms with Gasteiger partial charge in [-0.15, -0.1) is 0 Å². The quantitative estimate of drug-likeness (QED) is 0.701. The van der Waals surface area contributed by atoms with Gasteiger partial charge in [0.25, 0.3) is 5.91 Å². The molecule has 1 aliphatic rings. The molecule has 1 N–H and O–H groups in total. The first-order chi connectivity index (χ1) is 14.7. The summed E-state index contributed by atoms with van der Waals surface area (Å²) >= 11 is 0. The Morgan fingerprint density at radius 2 is 1.97 bits per heavy atom. The number of carbonyl (C=O) groups is 1. The van der Waals surface area contributed by atoms with E-state index in [1.165, 1.54) is 0 Å². The van der Waals surface area contributed by atoms with Gasteiger partial charge in [-0.3, -0.25) is 9.78 Å². The molecule has 0 spiro atoms. The molecule has 7 heteroatoms. The van der Waals surface area contributed by atoms with Crippen molar-refractivity contribution in [2.75, 3.05) is 32.6 Å². The van der Waals surface area contributed by atoms with Gasteiger partial charge in [0, 0.05) is 50.1 Å². The third-order valence-corrected chi connectivity index (χ3v) is 5.40. The lowest BCUT2D eigenvalue weighted by molar-refractivity contribution is 0.0702. The number of rotatable bonds is 5. The molecule has 3 aromatic rings. The Morgan fingerprint density at radius 3 is 2.73 bits per heavy atom. The summed E-state index contributed by atoms with van der Waals surface area (Å²) in [5, 5.41) is 3.13. The molecule has 2 aromatic heterocycles. The number of para-hydroxylation sites is 1. The fourth-order valence-electron chi connectivity index (χ4n) is 3.83. The van der Waals surface area contributed by atoms with Crippen molar-refractivity contribution in [3.8, 4) is 17.1 Å². The standard InChI is InChI=1S/C23H25N5O2/c1-24-21-14-19(26-22(27-21)16-9-11-25-12-10-16)17-6-5-13-28(15-17)23(29)18-7-3-4-8-20(18)30-2/h3-4,7-12,14,17H,5-6,13,15H2,1-2H3,(H,24,26,27)/t17-/m0/s1. The number of nitrogens with zero attached hydrogens (tertiary/aromatic N) is 4. The minimum atomic E-state index is -0.00518. The molecule has 0 radical (unpaired) electrons. The summed E-state index contributed by atoms with van der Waals surface area (Å²) in [5.74, 6) is 2.17. The van der Waals surface area contributed by atoms with Crippen molar-refractivity contribution in [1.82, 2.24) is 19.9 Å². The predicted molar refractivity (Wildman–Crippen MR) is 116 cm³/mol. The molecule has 1 saturated heterocycles. The number of carbonyl (C=O) groups excluding carboxylic acids is 1. The Hall–Kier alpha value is -3.48. The van der Waals surface area contributed by atoms with Crippen LogP contribution in [0.25, 0.3) is 11.4 Å². The maximum Gasteiger partial charge on any atom is 0.257 e. The lowest BCUT2D eigenvalue weighted by atomic mass is 9.93. The SMILES string of the molecule is CNc1cc([C@H]2CCCN(C(=O)c3ccccc3OC)C2)nc(-c2ccncc2)n1. The van der Waals surface area contributed by atoms with E-state index >= 15 is 0 Å². The van der Waals surface area contributed by atoms with Crippen molar-refractivity contribution in [2.45, 2.75) is 18.8 Å². The zero-order valence-electron chi connectivity index (χ0n) is 17.2. The van der Waals surface area contributed by atoms with Crippen LogP contribution in [0.15, 0.2) is 54.9 Å². The molecule has 0 saturated carbocycles. The molecule has 4 rings (SSSR count). The molecule has 1 amide bonds. The van der Waals surface area contributed by atoms with Gasteiger partial charge in [-0.1, -0.05) is 12.1 Å². The molecule has 7 nitrogen and oxygen atoms in total. The number of amides is 1. The Bertz CT molecular complexity index is 1030. The van der Waals surface area contributed by atoms with E-state index in [4.69, 9.17) is 9.72 Å².